The molecular weight excluding hydrogens is 226 g/mol. The number of aromatic nitrogens is 5. The second-order valence-corrected chi connectivity index (χ2v) is 4.19. The summed E-state index contributed by atoms with van der Waals surface area (Å²) in [6, 6.07) is 1.75. The third-order valence-corrected chi connectivity index (χ3v) is 2.14. The van der Waals surface area contributed by atoms with E-state index in [1.165, 1.54) is 0 Å². The molecule has 0 amide bonds. The lowest BCUT2D eigenvalue weighted by molar-refractivity contribution is 0.598. The highest BCUT2D eigenvalue weighted by Crippen LogP contribution is 2.12. The lowest BCUT2D eigenvalue weighted by Gasteiger charge is -2.05. The number of hydrogen-bond donors (Lipinski definition) is 0. The van der Waals surface area contributed by atoms with E-state index >= 15 is 0 Å². The molecule has 2 aromatic rings. The van der Waals surface area contributed by atoms with Crippen molar-refractivity contribution in [2.45, 2.75) is 20.3 Å². The van der Waals surface area contributed by atoms with Gasteiger partial charge in [0.1, 0.15) is 5.82 Å². The number of nitrogens with zero attached hydrogens (tertiary/aromatic N) is 5. The largest absolute Gasteiger partial charge is 0.252 e. The van der Waals surface area contributed by atoms with Gasteiger partial charge in [-0.2, -0.15) is 4.68 Å². The molecule has 6 heteroatoms. The maximum Gasteiger partial charge on any atom is 0.252 e. The zero-order valence-electron chi connectivity index (χ0n) is 9.13. The summed E-state index contributed by atoms with van der Waals surface area (Å²) in [6.07, 6.45) is 4.12. The van der Waals surface area contributed by atoms with E-state index in [4.69, 9.17) is 11.6 Å². The van der Waals surface area contributed by atoms with Gasteiger partial charge in [-0.3, -0.25) is 0 Å². The van der Waals surface area contributed by atoms with E-state index in [1.54, 1.807) is 23.1 Å². The van der Waals surface area contributed by atoms with Crippen molar-refractivity contribution in [2.75, 3.05) is 0 Å². The average Bonchev–Trinajstić information content (AvgIpc) is 2.60. The molecule has 0 saturated heterocycles. The second kappa shape index (κ2) is 4.57. The summed E-state index contributed by atoms with van der Waals surface area (Å²) in [6.45, 7) is 4.22. The van der Waals surface area contributed by atoms with Crippen molar-refractivity contribution in [1.82, 2.24) is 24.7 Å². The molecule has 0 N–H and O–H groups in total. The third-order valence-electron chi connectivity index (χ3n) is 1.98. The van der Waals surface area contributed by atoms with Crippen LogP contribution in [0.15, 0.2) is 18.5 Å². The van der Waals surface area contributed by atoms with Crippen molar-refractivity contribution in [3.05, 3.63) is 29.6 Å². The first-order valence-corrected chi connectivity index (χ1v) is 5.43. The molecule has 2 aromatic heterocycles. The molecule has 0 aliphatic heterocycles. The molecule has 16 heavy (non-hydrogen) atoms. The van der Waals surface area contributed by atoms with E-state index in [0.29, 0.717) is 11.9 Å². The predicted molar refractivity (Wildman–Crippen MR) is 60.5 cm³/mol. The lowest BCUT2D eigenvalue weighted by atomic mass is 10.1. The first-order chi connectivity index (χ1) is 7.66. The van der Waals surface area contributed by atoms with E-state index in [-0.39, 0.29) is 5.28 Å². The van der Waals surface area contributed by atoms with Gasteiger partial charge in [-0.1, -0.05) is 13.8 Å². The van der Waals surface area contributed by atoms with Crippen LogP contribution in [0.25, 0.3) is 5.95 Å². The average molecular weight is 238 g/mol. The Morgan fingerprint density at radius 3 is 2.62 bits per heavy atom. The zero-order chi connectivity index (χ0) is 11.5. The molecule has 0 fully saturated rings. The van der Waals surface area contributed by atoms with Crippen LogP contribution < -0.4 is 0 Å². The zero-order valence-corrected chi connectivity index (χ0v) is 9.89. The van der Waals surface area contributed by atoms with Gasteiger partial charge in [0.25, 0.3) is 5.95 Å². The van der Waals surface area contributed by atoms with Crippen molar-refractivity contribution in [1.29, 1.82) is 0 Å². The van der Waals surface area contributed by atoms with Gasteiger partial charge >= 0.3 is 0 Å². The van der Waals surface area contributed by atoms with Gasteiger partial charge in [-0.15, -0.1) is 5.10 Å². The molecular formula is C10H12ClN5. The molecule has 0 radical (unpaired) electrons. The lowest BCUT2D eigenvalue weighted by Crippen LogP contribution is -2.09. The van der Waals surface area contributed by atoms with Crippen molar-refractivity contribution in [3.8, 4) is 5.95 Å². The molecule has 0 spiro atoms. The summed E-state index contributed by atoms with van der Waals surface area (Å²) in [5.74, 6) is 1.76. The third kappa shape index (κ3) is 2.36. The van der Waals surface area contributed by atoms with Crippen LogP contribution in [-0.2, 0) is 6.42 Å². The van der Waals surface area contributed by atoms with Gasteiger partial charge in [-0.05, 0) is 23.6 Å². The summed E-state index contributed by atoms with van der Waals surface area (Å²) in [4.78, 5) is 12.4. The molecule has 5 nitrogen and oxygen atoms in total. The number of halogens is 1. The monoisotopic (exact) mass is 237 g/mol. The molecule has 0 bridgehead atoms. The molecule has 0 aromatic carbocycles. The van der Waals surface area contributed by atoms with E-state index in [9.17, 15) is 0 Å². The minimum atomic E-state index is 0.225. The van der Waals surface area contributed by atoms with Gasteiger partial charge in [0.2, 0.25) is 5.28 Å². The summed E-state index contributed by atoms with van der Waals surface area (Å²) in [7, 11) is 0. The summed E-state index contributed by atoms with van der Waals surface area (Å²) in [5.41, 5.74) is 0. The SMILES string of the molecule is CC(C)Cc1nc(Cl)nn1-c1ncccn1. The quantitative estimate of drug-likeness (QED) is 0.818. The number of rotatable bonds is 3. The number of hydrogen-bond acceptors (Lipinski definition) is 4. The smallest absolute Gasteiger partial charge is 0.220 e. The predicted octanol–water partition coefficient (Wildman–Crippen LogP) is 1.91. The van der Waals surface area contributed by atoms with Crippen LogP contribution in [0.2, 0.25) is 5.28 Å². The van der Waals surface area contributed by atoms with Gasteiger partial charge < -0.3 is 0 Å². The fourth-order valence-electron chi connectivity index (χ4n) is 1.37. The topological polar surface area (TPSA) is 56.5 Å². The minimum Gasteiger partial charge on any atom is -0.220 e. The Balaban J connectivity index is 2.40. The molecule has 2 heterocycles. The van der Waals surface area contributed by atoms with E-state index in [1.807, 2.05) is 0 Å². The van der Waals surface area contributed by atoms with Crippen molar-refractivity contribution in [2.24, 2.45) is 5.92 Å². The van der Waals surface area contributed by atoms with Crippen molar-refractivity contribution >= 4 is 11.6 Å². The molecule has 0 aliphatic rings. The standard InChI is InChI=1S/C10H12ClN5/c1-7(2)6-8-14-9(11)15-16(8)10-12-4-3-5-13-10/h3-5,7H,6H2,1-2H3. The van der Waals surface area contributed by atoms with Crippen LogP contribution in [0.1, 0.15) is 19.7 Å². The van der Waals surface area contributed by atoms with Crippen molar-refractivity contribution < 1.29 is 0 Å². The van der Waals surface area contributed by atoms with Crippen LogP contribution >= 0.6 is 11.6 Å². The summed E-state index contributed by atoms with van der Waals surface area (Å²) >= 11 is 5.80. The normalized spacial score (nSPS) is 11.0. The highest BCUT2D eigenvalue weighted by atomic mass is 35.5. The molecule has 0 atom stereocenters. The Kier molecular flexibility index (Phi) is 3.14. The Bertz CT molecular complexity index is 465. The molecule has 84 valence electrons. The van der Waals surface area contributed by atoms with Crippen LogP contribution in [0.4, 0.5) is 0 Å². The first-order valence-electron chi connectivity index (χ1n) is 5.05. The minimum absolute atomic E-state index is 0.225. The first kappa shape index (κ1) is 11.0. The maximum atomic E-state index is 5.80. The van der Waals surface area contributed by atoms with Crippen molar-refractivity contribution in [3.63, 3.8) is 0 Å². The van der Waals surface area contributed by atoms with Gasteiger partial charge in [-0.25, -0.2) is 15.0 Å². The molecule has 0 saturated carbocycles. The van der Waals surface area contributed by atoms with Crippen LogP contribution in [-0.4, -0.2) is 24.7 Å². The maximum absolute atomic E-state index is 5.80. The molecule has 2 rings (SSSR count). The second-order valence-electron chi connectivity index (χ2n) is 3.86. The highest BCUT2D eigenvalue weighted by molar-refractivity contribution is 6.28. The van der Waals surface area contributed by atoms with Gasteiger partial charge in [0, 0.05) is 18.8 Å². The van der Waals surface area contributed by atoms with Crippen LogP contribution in [0, 0.1) is 5.92 Å². The van der Waals surface area contributed by atoms with Gasteiger partial charge in [0.15, 0.2) is 0 Å². The molecule has 0 aliphatic carbocycles. The van der Waals surface area contributed by atoms with Crippen LogP contribution in [0.3, 0.4) is 0 Å². The Morgan fingerprint density at radius 1 is 1.31 bits per heavy atom. The van der Waals surface area contributed by atoms with Gasteiger partial charge in [0.05, 0.1) is 0 Å². The van der Waals surface area contributed by atoms with E-state index in [2.05, 4.69) is 33.9 Å². The molecule has 0 unspecified atom stereocenters. The fourth-order valence-corrected chi connectivity index (χ4v) is 1.55. The Morgan fingerprint density at radius 2 is 2.00 bits per heavy atom. The summed E-state index contributed by atoms with van der Waals surface area (Å²) in [5, 5.41) is 4.31. The summed E-state index contributed by atoms with van der Waals surface area (Å²) < 4.78 is 1.59. The van der Waals surface area contributed by atoms with E-state index in [0.717, 1.165) is 12.2 Å². The fraction of sp³-hybridized carbons (Fsp3) is 0.400. The Hall–Kier alpha value is -1.49. The van der Waals surface area contributed by atoms with Crippen LogP contribution in [0.5, 0.6) is 0 Å². The highest BCUT2D eigenvalue weighted by Gasteiger charge is 2.13. The van der Waals surface area contributed by atoms with E-state index < -0.39 is 0 Å². The Labute approximate surface area is 98.5 Å².